The van der Waals surface area contributed by atoms with Crippen molar-refractivity contribution in [3.63, 3.8) is 0 Å². The quantitative estimate of drug-likeness (QED) is 0.570. The zero-order chi connectivity index (χ0) is 10.2. The summed E-state index contributed by atoms with van der Waals surface area (Å²) in [7, 11) is 6.18. The molecule has 0 amide bonds. The molecule has 0 atom stereocenters. The van der Waals surface area contributed by atoms with Crippen LogP contribution in [-0.2, 0) is 0 Å². The molecule has 1 heterocycles. The van der Waals surface area contributed by atoms with Crippen molar-refractivity contribution in [3.05, 3.63) is 30.5 Å². The Kier molecular flexibility index (Phi) is 3.27. The van der Waals surface area contributed by atoms with Crippen LogP contribution in [0.5, 0.6) is 0 Å². The Bertz CT molecular complexity index is 463. The first-order valence-corrected chi connectivity index (χ1v) is 4.61. The van der Waals surface area contributed by atoms with Gasteiger partial charge in [-0.2, -0.15) is 9.97 Å². The van der Waals surface area contributed by atoms with Gasteiger partial charge in [0.2, 0.25) is 0 Å². The van der Waals surface area contributed by atoms with Crippen LogP contribution in [0.15, 0.2) is 30.5 Å². The molecule has 1 aromatic heterocycles. The number of hydrogen-bond acceptors (Lipinski definition) is 2. The predicted octanol–water partition coefficient (Wildman–Crippen LogP) is -1.17. The maximum atomic E-state index is 4.51. The average molecular weight is 224 g/mol. The molecule has 0 aliphatic carbocycles. The Labute approximate surface area is 95.8 Å². The number of para-hydroxylation sites is 1. The Morgan fingerprint density at radius 2 is 1.73 bits per heavy atom. The van der Waals surface area contributed by atoms with Crippen molar-refractivity contribution < 1.29 is 12.4 Å². The maximum absolute atomic E-state index is 4.51. The van der Waals surface area contributed by atoms with E-state index in [9.17, 15) is 0 Å². The van der Waals surface area contributed by atoms with E-state index in [-0.39, 0.29) is 12.4 Å². The molecule has 3 nitrogen and oxygen atoms in total. The van der Waals surface area contributed by atoms with Gasteiger partial charge in [-0.05, 0) is 6.07 Å². The van der Waals surface area contributed by atoms with Crippen LogP contribution in [0.2, 0.25) is 0 Å². The highest BCUT2D eigenvalue weighted by atomic mass is 35.5. The fourth-order valence-electron chi connectivity index (χ4n) is 1.29. The summed E-state index contributed by atoms with van der Waals surface area (Å²) in [4.78, 5) is 8.85. The second-order valence-electron chi connectivity index (χ2n) is 4.24. The van der Waals surface area contributed by atoms with Gasteiger partial charge in [0.1, 0.15) is 0 Å². The van der Waals surface area contributed by atoms with Crippen LogP contribution in [0.25, 0.3) is 10.9 Å². The highest BCUT2D eigenvalue weighted by molar-refractivity contribution is 5.78. The summed E-state index contributed by atoms with van der Waals surface area (Å²) in [6.45, 7) is 0. The normalized spacial score (nSPS) is 11.1. The number of aromatic nitrogens is 2. The monoisotopic (exact) mass is 223 g/mol. The molecule has 80 valence electrons. The minimum Gasteiger partial charge on any atom is -1.00 e. The third-order valence-electron chi connectivity index (χ3n) is 2.08. The number of hydrogen-bond donors (Lipinski definition) is 0. The molecule has 1 aromatic carbocycles. The van der Waals surface area contributed by atoms with Crippen molar-refractivity contribution in [2.24, 2.45) is 0 Å². The van der Waals surface area contributed by atoms with Crippen molar-refractivity contribution in [1.82, 2.24) is 14.5 Å². The average Bonchev–Trinajstić information content (AvgIpc) is 2.16. The molecule has 0 N–H and O–H groups in total. The van der Waals surface area contributed by atoms with E-state index in [1.807, 2.05) is 30.5 Å². The van der Waals surface area contributed by atoms with Gasteiger partial charge in [-0.25, -0.2) is 0 Å². The summed E-state index contributed by atoms with van der Waals surface area (Å²) in [6.07, 6.45) is 1.88. The molecule has 2 rings (SSSR count). The molecule has 0 bridgehead atoms. The number of rotatable bonds is 1. The smallest absolute Gasteiger partial charge is 0.328 e. The van der Waals surface area contributed by atoms with E-state index in [2.05, 4.69) is 31.1 Å². The van der Waals surface area contributed by atoms with E-state index in [1.165, 1.54) is 0 Å². The molecular formula is C11H14ClN3. The van der Waals surface area contributed by atoms with Gasteiger partial charge in [0, 0.05) is 11.6 Å². The van der Waals surface area contributed by atoms with Crippen LogP contribution in [0.1, 0.15) is 0 Å². The highest BCUT2D eigenvalue weighted by Gasteiger charge is 2.15. The minimum atomic E-state index is 0. The Hall–Kier alpha value is -1.19. The molecule has 0 saturated carbocycles. The standard InChI is InChI=1S/C11H14N3.ClH/c1-14(2,3)11-12-8-9-6-4-5-7-10(9)13-11;/h4-8H,1-3H3;1H/q+1;/p-1. The summed E-state index contributed by atoms with van der Waals surface area (Å²) < 4.78 is 0.644. The van der Waals surface area contributed by atoms with Gasteiger partial charge in [-0.15, -0.1) is 0 Å². The van der Waals surface area contributed by atoms with Crippen LogP contribution >= 0.6 is 0 Å². The van der Waals surface area contributed by atoms with Crippen molar-refractivity contribution in [3.8, 4) is 0 Å². The SMILES string of the molecule is C[N+](C)(C)c1ncc2ccccc2n1.[Cl-]. The lowest BCUT2D eigenvalue weighted by Crippen LogP contribution is -3.00. The molecule has 4 heteroatoms. The van der Waals surface area contributed by atoms with Gasteiger partial charge < -0.3 is 12.4 Å². The van der Waals surface area contributed by atoms with Crippen molar-refractivity contribution in [2.75, 3.05) is 21.1 Å². The second-order valence-corrected chi connectivity index (χ2v) is 4.24. The lowest BCUT2D eigenvalue weighted by Gasteiger charge is -2.19. The fourth-order valence-corrected chi connectivity index (χ4v) is 1.29. The number of quaternary nitrogens is 1. The zero-order valence-electron chi connectivity index (χ0n) is 9.11. The van der Waals surface area contributed by atoms with Crippen LogP contribution in [0.4, 0.5) is 5.95 Å². The summed E-state index contributed by atoms with van der Waals surface area (Å²) in [5, 5.41) is 1.09. The zero-order valence-corrected chi connectivity index (χ0v) is 9.86. The summed E-state index contributed by atoms with van der Waals surface area (Å²) in [6, 6.07) is 8.02. The Balaban J connectivity index is 0.00000112. The van der Waals surface area contributed by atoms with Crippen LogP contribution in [0.3, 0.4) is 0 Å². The maximum Gasteiger partial charge on any atom is 0.328 e. The first-order chi connectivity index (χ1) is 6.57. The van der Waals surface area contributed by atoms with Crippen LogP contribution in [-0.4, -0.2) is 31.1 Å². The third-order valence-corrected chi connectivity index (χ3v) is 2.08. The van der Waals surface area contributed by atoms with Gasteiger partial charge in [-0.1, -0.05) is 18.2 Å². The molecule has 0 aliphatic heterocycles. The van der Waals surface area contributed by atoms with E-state index in [1.54, 1.807) is 0 Å². The van der Waals surface area contributed by atoms with Crippen molar-refractivity contribution in [2.45, 2.75) is 0 Å². The molecule has 0 saturated heterocycles. The van der Waals surface area contributed by atoms with Gasteiger partial charge in [0.05, 0.1) is 26.7 Å². The van der Waals surface area contributed by atoms with E-state index in [4.69, 9.17) is 0 Å². The predicted molar refractivity (Wildman–Crippen MR) is 59.1 cm³/mol. The topological polar surface area (TPSA) is 25.8 Å². The molecule has 0 aliphatic rings. The van der Waals surface area contributed by atoms with E-state index >= 15 is 0 Å². The van der Waals surface area contributed by atoms with E-state index in [0.29, 0.717) is 4.48 Å². The largest absolute Gasteiger partial charge is 1.00 e. The Morgan fingerprint density at radius 3 is 2.40 bits per heavy atom. The van der Waals surface area contributed by atoms with Gasteiger partial charge in [-0.3, -0.25) is 4.48 Å². The van der Waals surface area contributed by atoms with Gasteiger partial charge >= 0.3 is 5.95 Å². The minimum absolute atomic E-state index is 0. The number of halogens is 1. The molecule has 0 fully saturated rings. The van der Waals surface area contributed by atoms with Gasteiger partial charge in [0.25, 0.3) is 0 Å². The number of benzene rings is 1. The molecule has 0 spiro atoms. The fraction of sp³-hybridized carbons (Fsp3) is 0.273. The molecule has 2 aromatic rings. The number of nitrogens with zero attached hydrogens (tertiary/aromatic N) is 3. The van der Waals surface area contributed by atoms with E-state index < -0.39 is 0 Å². The van der Waals surface area contributed by atoms with Gasteiger partial charge in [0.15, 0.2) is 0 Å². The van der Waals surface area contributed by atoms with Crippen LogP contribution < -0.4 is 16.9 Å². The second kappa shape index (κ2) is 4.13. The molecule has 0 unspecified atom stereocenters. The summed E-state index contributed by atoms with van der Waals surface area (Å²) in [5.41, 5.74) is 1.01. The lowest BCUT2D eigenvalue weighted by atomic mass is 10.2. The summed E-state index contributed by atoms with van der Waals surface area (Å²) in [5.74, 6) is 0.837. The molecule has 15 heavy (non-hydrogen) atoms. The highest BCUT2D eigenvalue weighted by Crippen LogP contribution is 2.15. The Morgan fingerprint density at radius 1 is 1.07 bits per heavy atom. The summed E-state index contributed by atoms with van der Waals surface area (Å²) >= 11 is 0. The van der Waals surface area contributed by atoms with Crippen molar-refractivity contribution >= 4 is 16.9 Å². The first-order valence-electron chi connectivity index (χ1n) is 4.61. The lowest BCUT2D eigenvalue weighted by molar-refractivity contribution is -0.00000321. The molecule has 0 radical (unpaired) electrons. The van der Waals surface area contributed by atoms with Crippen molar-refractivity contribution in [1.29, 1.82) is 0 Å². The van der Waals surface area contributed by atoms with Crippen LogP contribution in [0, 0.1) is 0 Å². The third kappa shape index (κ3) is 2.43. The molecular weight excluding hydrogens is 210 g/mol. The van der Waals surface area contributed by atoms with E-state index in [0.717, 1.165) is 16.9 Å². The first kappa shape index (κ1) is 11.9. The number of fused-ring (bicyclic) bond motifs is 1.